The minimum absolute atomic E-state index is 1.65. The van der Waals surface area contributed by atoms with Crippen molar-refractivity contribution in [2.75, 3.05) is 0 Å². The third kappa shape index (κ3) is 8.14. The Morgan fingerprint density at radius 3 is 1.77 bits per heavy atom. The zero-order valence-corrected chi connectivity index (χ0v) is 12.9. The van der Waals surface area contributed by atoms with Gasteiger partial charge >= 0.3 is 0 Å². The molecule has 13 heavy (non-hydrogen) atoms. The molecule has 0 amide bonds. The molecule has 0 unspecified atom stereocenters. The molecule has 78 valence electrons. The molecular formula is CH2Cl6N3P3. The quantitative estimate of drug-likeness (QED) is 0.375. The summed E-state index contributed by atoms with van der Waals surface area (Å²) < 4.78 is 10.6. The van der Waals surface area contributed by atoms with Gasteiger partial charge in [0.15, 0.2) is 0 Å². The lowest BCUT2D eigenvalue weighted by Gasteiger charge is -2.06. The normalized spacial score (nSPS) is 12.8. The van der Waals surface area contributed by atoms with E-state index < -0.39 is 18.6 Å². The van der Waals surface area contributed by atoms with E-state index >= 15 is 0 Å². The van der Waals surface area contributed by atoms with Crippen molar-refractivity contribution in [3.8, 4) is 0 Å². The number of hydrogen-bond acceptors (Lipinski definition) is 1. The Bertz CT molecular complexity index is 285. The lowest BCUT2D eigenvalue weighted by Crippen LogP contribution is -1.52. The summed E-state index contributed by atoms with van der Waals surface area (Å²) in [6.45, 7) is 1.49. The third-order valence-electron chi connectivity index (χ3n) is 0.561. The van der Waals surface area contributed by atoms with Crippen LogP contribution in [-0.4, -0.2) is 6.72 Å². The molecule has 0 aliphatic rings. The molecule has 0 saturated carbocycles. The molecular weight excluding hydrogens is 360 g/mol. The number of halogens is 6. The van der Waals surface area contributed by atoms with Crippen LogP contribution in [0.1, 0.15) is 0 Å². The summed E-state index contributed by atoms with van der Waals surface area (Å²) in [6, 6.07) is 0. The summed E-state index contributed by atoms with van der Waals surface area (Å²) in [6.07, 6.45) is 0. The van der Waals surface area contributed by atoms with Crippen LogP contribution in [0.3, 0.4) is 0 Å². The van der Waals surface area contributed by atoms with Gasteiger partial charge in [-0.3, -0.25) is 0 Å². The maximum atomic E-state index is 5.66. The molecule has 0 aromatic carbocycles. The highest BCUT2D eigenvalue weighted by molar-refractivity contribution is 8.20. The first kappa shape index (κ1) is 15.3. The van der Waals surface area contributed by atoms with Gasteiger partial charge in [0.2, 0.25) is 6.78 Å². The van der Waals surface area contributed by atoms with Crippen LogP contribution in [-0.2, 0) is 0 Å². The highest BCUT2D eigenvalue weighted by Crippen LogP contribution is 2.77. The molecule has 0 rings (SSSR count). The minimum Gasteiger partial charge on any atom is -0.233 e. The summed E-state index contributed by atoms with van der Waals surface area (Å²) in [7, 11) is 0. The summed E-state index contributed by atoms with van der Waals surface area (Å²) in [5.41, 5.74) is 0. The first-order valence-corrected chi connectivity index (χ1v) is 12.4. The van der Waals surface area contributed by atoms with E-state index in [-0.39, 0.29) is 0 Å². The predicted molar refractivity (Wildman–Crippen MR) is 70.3 cm³/mol. The second-order valence-corrected chi connectivity index (χ2v) is 14.5. The van der Waals surface area contributed by atoms with E-state index in [0.29, 0.717) is 0 Å². The topological polar surface area (TPSA) is 37.1 Å². The van der Waals surface area contributed by atoms with E-state index in [2.05, 4.69) is 20.5 Å². The molecule has 12 heteroatoms. The number of rotatable bonds is 3. The van der Waals surface area contributed by atoms with Crippen molar-refractivity contribution in [3.63, 3.8) is 0 Å². The van der Waals surface area contributed by atoms with Gasteiger partial charge in [-0.2, -0.15) is 9.03 Å². The Morgan fingerprint density at radius 1 is 1.00 bits per heavy atom. The molecule has 3 nitrogen and oxygen atoms in total. The van der Waals surface area contributed by atoms with Crippen molar-refractivity contribution in [1.82, 2.24) is 0 Å². The van der Waals surface area contributed by atoms with Gasteiger partial charge in [-0.15, -0.1) is 0 Å². The Morgan fingerprint density at radius 2 is 1.46 bits per heavy atom. The summed E-state index contributed by atoms with van der Waals surface area (Å²) in [5, 5.41) is 0. The highest BCUT2D eigenvalue weighted by atomic mass is 35.9. The highest BCUT2D eigenvalue weighted by Gasteiger charge is 2.19. The second-order valence-electron chi connectivity index (χ2n) is 1.45. The molecule has 0 N–H and O–H groups in total. The lowest BCUT2D eigenvalue weighted by atomic mass is 11.8. The van der Waals surface area contributed by atoms with Crippen molar-refractivity contribution >= 4 is 92.8 Å². The van der Waals surface area contributed by atoms with Crippen LogP contribution in [0.15, 0.2) is 13.8 Å². The molecule has 0 saturated heterocycles. The molecule has 0 aliphatic carbocycles. The van der Waals surface area contributed by atoms with Gasteiger partial charge in [0.25, 0.3) is 11.8 Å². The third-order valence-corrected chi connectivity index (χ3v) is 9.53. The molecule has 0 spiro atoms. The average Bonchev–Trinajstić information content (AvgIpc) is 1.81. The van der Waals surface area contributed by atoms with E-state index in [1.165, 1.54) is 0 Å². The second kappa shape index (κ2) is 6.14. The van der Waals surface area contributed by atoms with E-state index in [9.17, 15) is 0 Å². The maximum absolute atomic E-state index is 5.66. The summed E-state index contributed by atoms with van der Waals surface area (Å²) in [5.74, 6) is -5.96. The smallest absolute Gasteiger partial charge is 0.233 e. The van der Waals surface area contributed by atoms with Gasteiger partial charge < -0.3 is 0 Å². The Kier molecular flexibility index (Phi) is 7.22. The van der Waals surface area contributed by atoms with Crippen molar-refractivity contribution in [3.05, 3.63) is 0 Å². The SMILES string of the molecule is C=NP(Cl)(Cl)=NP(Cl)(Cl)=NP(Cl)Cl. The summed E-state index contributed by atoms with van der Waals surface area (Å²) in [4.78, 5) is 0. The van der Waals surface area contributed by atoms with Crippen LogP contribution in [0.25, 0.3) is 0 Å². The van der Waals surface area contributed by atoms with Crippen LogP contribution in [0.5, 0.6) is 0 Å². The van der Waals surface area contributed by atoms with Gasteiger partial charge in [0.1, 0.15) is 0 Å². The van der Waals surface area contributed by atoms with E-state index in [1.807, 2.05) is 0 Å². The average molecular weight is 362 g/mol. The lowest BCUT2D eigenvalue weighted by molar-refractivity contribution is 1.87. The minimum atomic E-state index is -3.03. The molecule has 0 fully saturated rings. The molecule has 0 radical (unpaired) electrons. The molecule has 0 heterocycles. The molecule has 0 aromatic heterocycles. The Balaban J connectivity index is 5.10. The van der Waals surface area contributed by atoms with Crippen LogP contribution >= 0.6 is 86.0 Å². The zero-order chi connectivity index (χ0) is 10.7. The first-order valence-electron chi connectivity index (χ1n) is 2.33. The molecule has 0 aliphatic heterocycles. The fraction of sp³-hybridized carbons (Fsp3) is 0. The van der Waals surface area contributed by atoms with Crippen molar-refractivity contribution in [2.24, 2.45) is 13.8 Å². The van der Waals surface area contributed by atoms with Crippen molar-refractivity contribution < 1.29 is 0 Å². The molecule has 0 bridgehead atoms. The Labute approximate surface area is 106 Å². The van der Waals surface area contributed by atoms with Crippen molar-refractivity contribution in [1.29, 1.82) is 0 Å². The first-order chi connectivity index (χ1) is 5.68. The molecule has 0 atom stereocenters. The van der Waals surface area contributed by atoms with Gasteiger partial charge in [-0.05, 0) is 51.7 Å². The molecule has 0 aromatic rings. The Hall–Kier alpha value is 2.30. The fourth-order valence-electron chi connectivity index (χ4n) is 0.257. The van der Waals surface area contributed by atoms with E-state index in [1.54, 1.807) is 0 Å². The van der Waals surface area contributed by atoms with Crippen LogP contribution in [0.4, 0.5) is 0 Å². The fourth-order valence-corrected chi connectivity index (χ4v) is 11.6. The van der Waals surface area contributed by atoms with Crippen LogP contribution in [0, 0.1) is 0 Å². The van der Waals surface area contributed by atoms with Gasteiger partial charge in [0.05, 0.1) is 0 Å². The van der Waals surface area contributed by atoms with E-state index in [4.69, 9.17) is 67.4 Å². The zero-order valence-electron chi connectivity index (χ0n) is 5.66. The predicted octanol–water partition coefficient (Wildman–Crippen LogP) is 7.24. The van der Waals surface area contributed by atoms with Crippen LogP contribution < -0.4 is 0 Å². The van der Waals surface area contributed by atoms with Crippen molar-refractivity contribution in [2.45, 2.75) is 0 Å². The standard InChI is InChI=1S/CH2Cl6N3P3/c1-8-12(4,5)10-13(6,7)9-11(2)3/h1H2. The van der Waals surface area contributed by atoms with E-state index in [0.717, 1.165) is 0 Å². The van der Waals surface area contributed by atoms with Gasteiger partial charge in [-0.25, -0.2) is 4.76 Å². The monoisotopic (exact) mass is 359 g/mol. The van der Waals surface area contributed by atoms with Gasteiger partial charge in [0, 0.05) is 0 Å². The van der Waals surface area contributed by atoms with Gasteiger partial charge in [-0.1, -0.05) is 22.5 Å². The number of hydrogen-bond donors (Lipinski definition) is 0. The number of nitrogens with zero attached hydrogens (tertiary/aromatic N) is 3. The van der Waals surface area contributed by atoms with Crippen LogP contribution in [0.2, 0.25) is 0 Å². The largest absolute Gasteiger partial charge is 0.256 e. The maximum Gasteiger partial charge on any atom is 0.256 e. The summed E-state index contributed by atoms with van der Waals surface area (Å²) >= 11 is 33.2.